The van der Waals surface area contributed by atoms with E-state index in [-0.39, 0.29) is 12.2 Å². The maximum absolute atomic E-state index is 10.5. The average Bonchev–Trinajstić information content (AvgIpc) is 2.71. The molecule has 6 heteroatoms. The van der Waals surface area contributed by atoms with E-state index in [0.717, 1.165) is 0 Å². The van der Waals surface area contributed by atoms with Gasteiger partial charge in [-0.3, -0.25) is 4.79 Å². The zero-order valence-corrected chi connectivity index (χ0v) is 10.3. The Labute approximate surface area is 110 Å². The summed E-state index contributed by atoms with van der Waals surface area (Å²) in [6, 6.07) is 6.94. The van der Waals surface area contributed by atoms with Crippen LogP contribution in [-0.4, -0.2) is 26.0 Å². The number of nitrogens with two attached hydrogens (primary N) is 1. The van der Waals surface area contributed by atoms with E-state index in [2.05, 4.69) is 5.10 Å². The first-order valence-electron chi connectivity index (χ1n) is 5.86. The van der Waals surface area contributed by atoms with Crippen molar-refractivity contribution in [2.24, 2.45) is 0 Å². The van der Waals surface area contributed by atoms with Crippen molar-refractivity contribution in [3.05, 3.63) is 41.6 Å². The fourth-order valence-electron chi connectivity index (χ4n) is 1.80. The van der Waals surface area contributed by atoms with Crippen LogP contribution in [0.2, 0.25) is 0 Å². The number of anilines is 1. The lowest BCUT2D eigenvalue weighted by Crippen LogP contribution is -2.07. The predicted molar refractivity (Wildman–Crippen MR) is 69.8 cm³/mol. The number of aliphatic carboxylic acids is 1. The van der Waals surface area contributed by atoms with Crippen LogP contribution in [0.5, 0.6) is 5.75 Å². The summed E-state index contributed by atoms with van der Waals surface area (Å²) in [5.74, 6) is -0.248. The van der Waals surface area contributed by atoms with Crippen molar-refractivity contribution in [1.29, 1.82) is 0 Å². The monoisotopic (exact) mass is 261 g/mol. The molecule has 2 rings (SSSR count). The minimum absolute atomic E-state index is 0.0203. The molecule has 4 N–H and O–H groups in total. The Kier molecular flexibility index (Phi) is 3.70. The number of carbonyl (C=O) groups is 1. The van der Waals surface area contributed by atoms with Crippen molar-refractivity contribution in [3.63, 3.8) is 0 Å². The third kappa shape index (κ3) is 3.04. The molecule has 1 aromatic carbocycles. The second-order valence-electron chi connectivity index (χ2n) is 4.24. The van der Waals surface area contributed by atoms with Crippen LogP contribution >= 0.6 is 0 Å². The van der Waals surface area contributed by atoms with E-state index in [1.165, 1.54) is 0 Å². The molecule has 0 aliphatic carbocycles. The second kappa shape index (κ2) is 5.43. The van der Waals surface area contributed by atoms with Gasteiger partial charge in [0.25, 0.3) is 0 Å². The standard InChI is InChI=1S/C13H15N3O3/c14-13-9(5-6-12(18)19)7-15-16(13)8-10-3-1-2-4-11(10)17/h1-4,7,17H,5-6,8,14H2,(H,18,19). The molecule has 0 unspecified atom stereocenters. The Morgan fingerprint density at radius 2 is 2.05 bits per heavy atom. The Morgan fingerprint density at radius 3 is 2.74 bits per heavy atom. The first-order chi connectivity index (χ1) is 9.08. The SMILES string of the molecule is Nc1c(CCC(=O)O)cnn1Cc1ccccc1O. The van der Waals surface area contributed by atoms with Gasteiger partial charge in [-0.05, 0) is 12.5 Å². The highest BCUT2D eigenvalue weighted by atomic mass is 16.4. The van der Waals surface area contributed by atoms with Crippen molar-refractivity contribution in [3.8, 4) is 5.75 Å². The Morgan fingerprint density at radius 1 is 1.32 bits per heavy atom. The Bertz CT molecular complexity index is 593. The molecule has 0 amide bonds. The maximum Gasteiger partial charge on any atom is 0.303 e. The lowest BCUT2D eigenvalue weighted by Gasteiger charge is -2.07. The Hall–Kier alpha value is -2.50. The van der Waals surface area contributed by atoms with Crippen LogP contribution in [0.3, 0.4) is 0 Å². The fraction of sp³-hybridized carbons (Fsp3) is 0.231. The van der Waals surface area contributed by atoms with Gasteiger partial charge in [-0.15, -0.1) is 0 Å². The van der Waals surface area contributed by atoms with Crippen LogP contribution in [0, 0.1) is 0 Å². The molecular formula is C13H15N3O3. The number of nitrogens with zero attached hydrogens (tertiary/aromatic N) is 2. The van der Waals surface area contributed by atoms with E-state index >= 15 is 0 Å². The van der Waals surface area contributed by atoms with Gasteiger partial charge in [-0.1, -0.05) is 18.2 Å². The van der Waals surface area contributed by atoms with Gasteiger partial charge in [0.2, 0.25) is 0 Å². The number of aromatic nitrogens is 2. The number of aromatic hydroxyl groups is 1. The third-order valence-electron chi connectivity index (χ3n) is 2.88. The van der Waals surface area contributed by atoms with E-state index in [4.69, 9.17) is 10.8 Å². The molecule has 0 bridgehead atoms. The van der Waals surface area contributed by atoms with Gasteiger partial charge < -0.3 is 15.9 Å². The number of para-hydroxylation sites is 1. The fourth-order valence-corrected chi connectivity index (χ4v) is 1.80. The molecule has 100 valence electrons. The summed E-state index contributed by atoms with van der Waals surface area (Å²) in [4.78, 5) is 10.5. The minimum Gasteiger partial charge on any atom is -0.508 e. The third-order valence-corrected chi connectivity index (χ3v) is 2.88. The zero-order chi connectivity index (χ0) is 13.8. The van der Waals surface area contributed by atoms with Crippen molar-refractivity contribution >= 4 is 11.8 Å². The molecule has 0 saturated carbocycles. The lowest BCUT2D eigenvalue weighted by atomic mass is 10.2. The molecular weight excluding hydrogens is 246 g/mol. The molecule has 2 aromatic rings. The molecule has 0 radical (unpaired) electrons. The van der Waals surface area contributed by atoms with Gasteiger partial charge in [-0.2, -0.15) is 5.10 Å². The summed E-state index contributed by atoms with van der Waals surface area (Å²) in [6.45, 7) is 0.353. The topological polar surface area (TPSA) is 101 Å². The number of hydrogen-bond donors (Lipinski definition) is 3. The highest BCUT2D eigenvalue weighted by Crippen LogP contribution is 2.20. The van der Waals surface area contributed by atoms with Crippen LogP contribution in [0.25, 0.3) is 0 Å². The molecule has 6 nitrogen and oxygen atoms in total. The Balaban J connectivity index is 2.14. The molecule has 0 saturated heterocycles. The van der Waals surface area contributed by atoms with Gasteiger partial charge in [0.05, 0.1) is 12.7 Å². The summed E-state index contributed by atoms with van der Waals surface area (Å²) >= 11 is 0. The van der Waals surface area contributed by atoms with Gasteiger partial charge >= 0.3 is 5.97 Å². The molecule has 0 aliphatic rings. The number of aryl methyl sites for hydroxylation is 1. The summed E-state index contributed by atoms with van der Waals surface area (Å²) in [7, 11) is 0. The van der Waals surface area contributed by atoms with E-state index in [9.17, 15) is 9.90 Å². The summed E-state index contributed by atoms with van der Waals surface area (Å²) < 4.78 is 1.55. The summed E-state index contributed by atoms with van der Waals surface area (Å²) in [5.41, 5.74) is 7.33. The normalized spacial score (nSPS) is 10.5. The maximum atomic E-state index is 10.5. The molecule has 0 aliphatic heterocycles. The zero-order valence-electron chi connectivity index (χ0n) is 10.3. The van der Waals surface area contributed by atoms with E-state index < -0.39 is 5.97 Å². The quantitative estimate of drug-likeness (QED) is 0.751. The molecule has 0 atom stereocenters. The van der Waals surface area contributed by atoms with Crippen molar-refractivity contribution in [1.82, 2.24) is 9.78 Å². The second-order valence-corrected chi connectivity index (χ2v) is 4.24. The number of hydrogen-bond acceptors (Lipinski definition) is 4. The average molecular weight is 261 g/mol. The van der Waals surface area contributed by atoms with Gasteiger partial charge in [0, 0.05) is 17.5 Å². The van der Waals surface area contributed by atoms with Crippen LogP contribution in [0.15, 0.2) is 30.5 Å². The van der Waals surface area contributed by atoms with E-state index in [0.29, 0.717) is 29.9 Å². The number of nitrogen functional groups attached to an aromatic ring is 1. The van der Waals surface area contributed by atoms with Crippen molar-refractivity contribution < 1.29 is 15.0 Å². The van der Waals surface area contributed by atoms with Crippen LogP contribution in [0.1, 0.15) is 17.5 Å². The summed E-state index contributed by atoms with van der Waals surface area (Å²) in [5, 5.41) is 22.4. The molecule has 1 heterocycles. The van der Waals surface area contributed by atoms with Gasteiger partial charge in [-0.25, -0.2) is 4.68 Å². The first kappa shape index (κ1) is 12.9. The highest BCUT2D eigenvalue weighted by molar-refractivity contribution is 5.67. The first-order valence-corrected chi connectivity index (χ1v) is 5.86. The molecule has 1 aromatic heterocycles. The number of phenolic OH excluding ortho intramolecular Hbond substituents is 1. The smallest absolute Gasteiger partial charge is 0.303 e. The molecule has 0 spiro atoms. The number of carboxylic acid groups (broad SMARTS) is 1. The number of phenols is 1. The van der Waals surface area contributed by atoms with Crippen LogP contribution in [0.4, 0.5) is 5.82 Å². The largest absolute Gasteiger partial charge is 0.508 e. The van der Waals surface area contributed by atoms with Gasteiger partial charge in [0.1, 0.15) is 11.6 Å². The molecule has 19 heavy (non-hydrogen) atoms. The predicted octanol–water partition coefficient (Wildman–Crippen LogP) is 1.24. The van der Waals surface area contributed by atoms with Gasteiger partial charge in [0.15, 0.2) is 0 Å². The number of benzene rings is 1. The van der Waals surface area contributed by atoms with Crippen molar-refractivity contribution in [2.75, 3.05) is 5.73 Å². The van der Waals surface area contributed by atoms with Crippen LogP contribution in [-0.2, 0) is 17.8 Å². The van der Waals surface area contributed by atoms with E-state index in [1.807, 2.05) is 6.07 Å². The summed E-state index contributed by atoms with van der Waals surface area (Å²) in [6.07, 6.45) is 1.94. The molecule has 0 fully saturated rings. The lowest BCUT2D eigenvalue weighted by molar-refractivity contribution is -0.136. The minimum atomic E-state index is -0.868. The number of carboxylic acids is 1. The van der Waals surface area contributed by atoms with Crippen LogP contribution < -0.4 is 5.73 Å². The van der Waals surface area contributed by atoms with E-state index in [1.54, 1.807) is 29.1 Å². The number of rotatable bonds is 5. The van der Waals surface area contributed by atoms with Crippen molar-refractivity contribution in [2.45, 2.75) is 19.4 Å². The highest BCUT2D eigenvalue weighted by Gasteiger charge is 2.10.